The Balaban J connectivity index is 1.35. The minimum absolute atomic E-state index is 0.0319. The van der Waals surface area contributed by atoms with Crippen molar-refractivity contribution in [3.63, 3.8) is 0 Å². The molecule has 0 N–H and O–H groups in total. The summed E-state index contributed by atoms with van der Waals surface area (Å²) in [6, 6.07) is 3.63. The minimum Gasteiger partial charge on any atom is -0.462 e. The van der Waals surface area contributed by atoms with Gasteiger partial charge >= 0.3 is 6.18 Å². The Bertz CT molecular complexity index is 741. The van der Waals surface area contributed by atoms with Crippen LogP contribution in [0.5, 0.6) is 0 Å². The van der Waals surface area contributed by atoms with E-state index >= 15 is 0 Å². The third-order valence-corrected chi connectivity index (χ3v) is 5.28. The summed E-state index contributed by atoms with van der Waals surface area (Å²) in [6.45, 7) is 2.18. The molecule has 6 nitrogen and oxygen atoms in total. The van der Waals surface area contributed by atoms with Gasteiger partial charge in [-0.2, -0.15) is 13.2 Å². The number of piperazine rings is 1. The summed E-state index contributed by atoms with van der Waals surface area (Å²) in [4.78, 5) is 20.9. The predicted octanol–water partition coefficient (Wildman–Crippen LogP) is 3.06. The van der Waals surface area contributed by atoms with E-state index in [-0.39, 0.29) is 18.9 Å². The first-order valence-corrected chi connectivity index (χ1v) is 9.91. The molecular formula is C18H22F3N3O3S. The second-order valence-electron chi connectivity index (χ2n) is 6.54. The number of alkyl halides is 3. The molecule has 1 amide bonds. The number of rotatable bonds is 8. The molecule has 0 aliphatic carbocycles. The van der Waals surface area contributed by atoms with Crippen molar-refractivity contribution in [2.24, 2.45) is 0 Å². The fourth-order valence-corrected chi connectivity index (χ4v) is 3.75. The van der Waals surface area contributed by atoms with E-state index in [2.05, 4.69) is 14.6 Å². The number of hydrogen-bond acceptors (Lipinski definition) is 6. The summed E-state index contributed by atoms with van der Waals surface area (Å²) < 4.78 is 45.9. The van der Waals surface area contributed by atoms with E-state index in [0.29, 0.717) is 44.9 Å². The number of carbonyl (C=O) groups excluding carboxylic acids is 1. The Labute approximate surface area is 164 Å². The number of thiazole rings is 1. The van der Waals surface area contributed by atoms with Gasteiger partial charge in [0.25, 0.3) is 0 Å². The van der Waals surface area contributed by atoms with Crippen molar-refractivity contribution in [3.8, 4) is 10.8 Å². The lowest BCUT2D eigenvalue weighted by atomic mass is 10.2. The first-order valence-electron chi connectivity index (χ1n) is 9.03. The van der Waals surface area contributed by atoms with Crippen LogP contribution < -0.4 is 0 Å². The number of ether oxygens (including phenoxy) is 1. The monoisotopic (exact) mass is 417 g/mol. The number of hydrogen-bond donors (Lipinski definition) is 0. The number of amides is 1. The molecule has 0 radical (unpaired) electrons. The molecule has 1 saturated heterocycles. The highest BCUT2D eigenvalue weighted by Gasteiger charge is 2.27. The van der Waals surface area contributed by atoms with Crippen molar-refractivity contribution in [3.05, 3.63) is 29.5 Å². The smallest absolute Gasteiger partial charge is 0.411 e. The summed E-state index contributed by atoms with van der Waals surface area (Å²) in [5.74, 6) is 0.723. The molecule has 1 aliphatic heterocycles. The molecule has 3 heterocycles. The highest BCUT2D eigenvalue weighted by Crippen LogP contribution is 2.24. The van der Waals surface area contributed by atoms with Crippen molar-refractivity contribution in [2.45, 2.75) is 19.0 Å². The molecule has 0 aromatic carbocycles. The van der Waals surface area contributed by atoms with Gasteiger partial charge in [0.2, 0.25) is 5.91 Å². The van der Waals surface area contributed by atoms with Crippen LogP contribution in [0.15, 0.2) is 28.2 Å². The first kappa shape index (κ1) is 20.8. The standard InChI is InChI=1S/C18H22F3N3O3S/c19-18(20,21)13-26-9-2-4-23-5-7-24(8-6-23)16(25)11-14-12-28-17(22-14)15-3-1-10-27-15/h1,3,10,12H,2,4-9,11,13H2. The second kappa shape index (κ2) is 9.53. The molecule has 2 aromatic heterocycles. The molecule has 2 aromatic rings. The normalized spacial score (nSPS) is 15.9. The van der Waals surface area contributed by atoms with E-state index < -0.39 is 12.8 Å². The zero-order valence-corrected chi connectivity index (χ0v) is 16.1. The largest absolute Gasteiger partial charge is 0.462 e. The summed E-state index contributed by atoms with van der Waals surface area (Å²) >= 11 is 1.44. The van der Waals surface area contributed by atoms with Gasteiger partial charge in [-0.3, -0.25) is 9.69 Å². The zero-order valence-electron chi connectivity index (χ0n) is 15.3. The molecule has 154 valence electrons. The minimum atomic E-state index is -4.28. The van der Waals surface area contributed by atoms with Crippen LogP contribution >= 0.6 is 11.3 Å². The number of halogens is 3. The van der Waals surface area contributed by atoms with E-state index in [1.165, 1.54) is 11.3 Å². The Kier molecular flexibility index (Phi) is 7.08. The molecular weight excluding hydrogens is 395 g/mol. The van der Waals surface area contributed by atoms with Crippen LogP contribution in [0.4, 0.5) is 13.2 Å². The number of furan rings is 1. The fourth-order valence-electron chi connectivity index (χ4n) is 2.97. The van der Waals surface area contributed by atoms with E-state index in [1.54, 1.807) is 12.3 Å². The molecule has 0 atom stereocenters. The molecule has 28 heavy (non-hydrogen) atoms. The predicted molar refractivity (Wildman–Crippen MR) is 98.0 cm³/mol. The molecule has 0 bridgehead atoms. The Morgan fingerprint density at radius 2 is 2.07 bits per heavy atom. The molecule has 0 saturated carbocycles. The van der Waals surface area contributed by atoms with E-state index in [9.17, 15) is 18.0 Å². The molecule has 0 spiro atoms. The van der Waals surface area contributed by atoms with Crippen molar-refractivity contribution in [2.75, 3.05) is 45.9 Å². The molecule has 1 fully saturated rings. The third kappa shape index (κ3) is 6.32. The fraction of sp³-hybridized carbons (Fsp3) is 0.556. The van der Waals surface area contributed by atoms with Crippen molar-refractivity contribution >= 4 is 17.2 Å². The zero-order chi connectivity index (χ0) is 20.0. The quantitative estimate of drug-likeness (QED) is 0.618. The maximum absolute atomic E-state index is 12.5. The Morgan fingerprint density at radius 3 is 2.75 bits per heavy atom. The highest BCUT2D eigenvalue weighted by atomic mass is 32.1. The van der Waals surface area contributed by atoms with Crippen LogP contribution in [0.2, 0.25) is 0 Å². The van der Waals surface area contributed by atoms with E-state index in [4.69, 9.17) is 4.42 Å². The van der Waals surface area contributed by atoms with Crippen LogP contribution in [-0.4, -0.2) is 72.8 Å². The Hall–Kier alpha value is -1.91. The van der Waals surface area contributed by atoms with Crippen LogP contribution in [0, 0.1) is 0 Å². The average molecular weight is 417 g/mol. The van der Waals surface area contributed by atoms with Gasteiger partial charge in [0.05, 0.1) is 18.4 Å². The highest BCUT2D eigenvalue weighted by molar-refractivity contribution is 7.13. The number of aromatic nitrogens is 1. The summed E-state index contributed by atoms with van der Waals surface area (Å²) in [5.41, 5.74) is 0.727. The maximum atomic E-state index is 12.5. The number of carbonyl (C=O) groups is 1. The van der Waals surface area contributed by atoms with Crippen LogP contribution in [0.3, 0.4) is 0 Å². The molecule has 1 aliphatic rings. The number of nitrogens with zero attached hydrogens (tertiary/aromatic N) is 3. The Morgan fingerprint density at radius 1 is 1.29 bits per heavy atom. The first-order chi connectivity index (χ1) is 13.4. The lowest BCUT2D eigenvalue weighted by molar-refractivity contribution is -0.174. The van der Waals surface area contributed by atoms with Gasteiger partial charge in [0.15, 0.2) is 10.8 Å². The van der Waals surface area contributed by atoms with Crippen LogP contribution in [0.25, 0.3) is 10.8 Å². The van der Waals surface area contributed by atoms with Gasteiger partial charge in [0, 0.05) is 44.7 Å². The SMILES string of the molecule is O=C(Cc1csc(-c2ccco2)n1)N1CCN(CCCOCC(F)(F)F)CC1. The van der Waals surface area contributed by atoms with Crippen molar-refractivity contribution in [1.82, 2.24) is 14.8 Å². The van der Waals surface area contributed by atoms with Gasteiger partial charge in [-0.05, 0) is 18.6 Å². The molecule has 10 heteroatoms. The lowest BCUT2D eigenvalue weighted by Gasteiger charge is -2.34. The topological polar surface area (TPSA) is 58.8 Å². The van der Waals surface area contributed by atoms with Gasteiger partial charge in [-0.15, -0.1) is 11.3 Å². The van der Waals surface area contributed by atoms with Crippen molar-refractivity contribution < 1.29 is 27.1 Å². The molecule has 3 rings (SSSR count). The van der Waals surface area contributed by atoms with E-state index in [0.717, 1.165) is 10.7 Å². The van der Waals surface area contributed by atoms with Gasteiger partial charge in [-0.25, -0.2) is 4.98 Å². The van der Waals surface area contributed by atoms with Gasteiger partial charge < -0.3 is 14.1 Å². The lowest BCUT2D eigenvalue weighted by Crippen LogP contribution is -2.49. The van der Waals surface area contributed by atoms with Crippen molar-refractivity contribution in [1.29, 1.82) is 0 Å². The third-order valence-electron chi connectivity index (χ3n) is 4.37. The van der Waals surface area contributed by atoms with E-state index in [1.807, 2.05) is 16.3 Å². The maximum Gasteiger partial charge on any atom is 0.411 e. The van der Waals surface area contributed by atoms with Crippen LogP contribution in [-0.2, 0) is 16.0 Å². The average Bonchev–Trinajstić information content (AvgIpc) is 3.32. The summed E-state index contributed by atoms with van der Waals surface area (Å²) in [6.07, 6.45) is -1.90. The summed E-state index contributed by atoms with van der Waals surface area (Å²) in [5, 5.41) is 2.62. The summed E-state index contributed by atoms with van der Waals surface area (Å²) in [7, 11) is 0. The second-order valence-corrected chi connectivity index (χ2v) is 7.40. The van der Waals surface area contributed by atoms with Crippen LogP contribution in [0.1, 0.15) is 12.1 Å². The van der Waals surface area contributed by atoms with Gasteiger partial charge in [-0.1, -0.05) is 0 Å². The van der Waals surface area contributed by atoms with Gasteiger partial charge in [0.1, 0.15) is 6.61 Å². The molecule has 0 unspecified atom stereocenters.